The Morgan fingerprint density at radius 2 is 1.76 bits per heavy atom. The van der Waals surface area contributed by atoms with Crippen molar-refractivity contribution in [3.05, 3.63) is 82.4 Å². The van der Waals surface area contributed by atoms with Crippen LogP contribution < -0.4 is 15.0 Å². The number of amides is 2. The second-order valence-electron chi connectivity index (χ2n) is 7.00. The van der Waals surface area contributed by atoms with Gasteiger partial charge in [0.2, 0.25) is 5.91 Å². The van der Waals surface area contributed by atoms with Crippen LogP contribution in [0.4, 0.5) is 11.4 Å². The van der Waals surface area contributed by atoms with Crippen LogP contribution in [0.2, 0.25) is 5.02 Å². The second kappa shape index (κ2) is 7.60. The third kappa shape index (κ3) is 3.96. The van der Waals surface area contributed by atoms with Crippen molar-refractivity contribution in [3.63, 3.8) is 0 Å². The molecule has 5 nitrogen and oxygen atoms in total. The average molecular weight is 407 g/mol. The molecule has 29 heavy (non-hydrogen) atoms. The number of hydrogen-bond acceptors (Lipinski definition) is 3. The van der Waals surface area contributed by atoms with E-state index >= 15 is 0 Å². The Bertz CT molecular complexity index is 1110. The largest absolute Gasteiger partial charge is 0.454 e. The lowest BCUT2D eigenvalue weighted by Gasteiger charge is -2.16. The summed E-state index contributed by atoms with van der Waals surface area (Å²) in [7, 11) is 1.71. The predicted molar refractivity (Wildman–Crippen MR) is 114 cm³/mol. The molecule has 4 rings (SSSR count). The molecule has 2 amide bonds. The maximum Gasteiger partial charge on any atom is 0.261 e. The predicted octanol–water partition coefficient (Wildman–Crippen LogP) is 5.21. The van der Waals surface area contributed by atoms with E-state index in [1.54, 1.807) is 42.3 Å². The molecule has 1 aliphatic heterocycles. The van der Waals surface area contributed by atoms with Gasteiger partial charge in [-0.15, -0.1) is 0 Å². The van der Waals surface area contributed by atoms with Crippen LogP contribution in [0.1, 0.15) is 21.5 Å². The summed E-state index contributed by atoms with van der Waals surface area (Å²) in [6, 6.07) is 17.9. The van der Waals surface area contributed by atoms with Gasteiger partial charge in [0.25, 0.3) is 5.91 Å². The van der Waals surface area contributed by atoms with Gasteiger partial charge in [-0.2, -0.15) is 0 Å². The first-order valence-corrected chi connectivity index (χ1v) is 9.53. The Hall–Kier alpha value is -3.31. The molecule has 0 unspecified atom stereocenters. The van der Waals surface area contributed by atoms with Crippen LogP contribution in [0.5, 0.6) is 11.5 Å². The van der Waals surface area contributed by atoms with Crippen molar-refractivity contribution in [2.24, 2.45) is 0 Å². The molecule has 0 bridgehead atoms. The highest BCUT2D eigenvalue weighted by molar-refractivity contribution is 6.30. The molecule has 3 aromatic carbocycles. The third-order valence-electron chi connectivity index (χ3n) is 4.77. The summed E-state index contributed by atoms with van der Waals surface area (Å²) in [4.78, 5) is 26.9. The number of hydrogen-bond donors (Lipinski definition) is 1. The van der Waals surface area contributed by atoms with Crippen molar-refractivity contribution in [1.82, 2.24) is 0 Å². The first kappa shape index (κ1) is 19.0. The Morgan fingerprint density at radius 1 is 1.03 bits per heavy atom. The molecule has 0 aliphatic carbocycles. The standard InChI is InChI=1S/C23H19ClN2O3/c1-14-3-9-21-19(11-14)26(2)23(28)18-13-17(8-10-20(18)29-21)25-22(27)12-15-4-6-16(24)7-5-15/h3-11,13H,12H2,1-2H3,(H,25,27). The number of rotatable bonds is 3. The van der Waals surface area contributed by atoms with Gasteiger partial charge in [-0.1, -0.05) is 29.8 Å². The number of nitrogens with one attached hydrogen (secondary N) is 1. The molecule has 146 valence electrons. The van der Waals surface area contributed by atoms with Gasteiger partial charge in [-0.05, 0) is 60.5 Å². The Kier molecular flexibility index (Phi) is 4.99. The van der Waals surface area contributed by atoms with Crippen molar-refractivity contribution in [1.29, 1.82) is 0 Å². The zero-order valence-corrected chi connectivity index (χ0v) is 16.8. The van der Waals surface area contributed by atoms with Gasteiger partial charge in [-0.3, -0.25) is 9.59 Å². The quantitative estimate of drug-likeness (QED) is 0.649. The highest BCUT2D eigenvalue weighted by Gasteiger charge is 2.26. The summed E-state index contributed by atoms with van der Waals surface area (Å²) < 4.78 is 5.98. The van der Waals surface area contributed by atoms with E-state index in [0.717, 1.165) is 11.1 Å². The zero-order valence-electron chi connectivity index (χ0n) is 16.0. The fraction of sp³-hybridized carbons (Fsp3) is 0.130. The van der Waals surface area contributed by atoms with E-state index in [4.69, 9.17) is 16.3 Å². The van der Waals surface area contributed by atoms with E-state index in [1.165, 1.54) is 0 Å². The van der Waals surface area contributed by atoms with Gasteiger partial charge in [0.05, 0.1) is 17.7 Å². The number of ether oxygens (including phenoxy) is 1. The normalized spacial score (nSPS) is 12.5. The van der Waals surface area contributed by atoms with Gasteiger partial charge in [0.15, 0.2) is 5.75 Å². The number of fused-ring (bicyclic) bond motifs is 2. The number of halogens is 1. The summed E-state index contributed by atoms with van der Waals surface area (Å²) in [6.07, 6.45) is 0.212. The zero-order chi connectivity index (χ0) is 20.5. The highest BCUT2D eigenvalue weighted by atomic mass is 35.5. The van der Waals surface area contributed by atoms with E-state index in [-0.39, 0.29) is 18.2 Å². The summed E-state index contributed by atoms with van der Waals surface area (Å²) in [6.45, 7) is 1.96. The van der Waals surface area contributed by atoms with Gasteiger partial charge >= 0.3 is 0 Å². The summed E-state index contributed by atoms with van der Waals surface area (Å²) in [5.74, 6) is 0.699. The highest BCUT2D eigenvalue weighted by Crippen LogP contribution is 2.39. The molecule has 0 atom stereocenters. The Morgan fingerprint density at radius 3 is 2.52 bits per heavy atom. The van der Waals surface area contributed by atoms with E-state index < -0.39 is 0 Å². The van der Waals surface area contributed by atoms with Crippen LogP contribution in [-0.4, -0.2) is 18.9 Å². The summed E-state index contributed by atoms with van der Waals surface area (Å²) >= 11 is 5.88. The lowest BCUT2D eigenvalue weighted by Crippen LogP contribution is -2.25. The SMILES string of the molecule is Cc1ccc2c(c1)N(C)C(=O)c1cc(NC(=O)Cc3ccc(Cl)cc3)ccc1O2. The minimum Gasteiger partial charge on any atom is -0.454 e. The Labute approximate surface area is 173 Å². The van der Waals surface area contributed by atoms with Crippen LogP contribution in [0.15, 0.2) is 60.7 Å². The number of aryl methyl sites for hydroxylation is 1. The molecule has 1 N–H and O–H groups in total. The molecule has 1 aliphatic rings. The van der Waals surface area contributed by atoms with Crippen molar-refractivity contribution < 1.29 is 14.3 Å². The van der Waals surface area contributed by atoms with E-state index in [0.29, 0.717) is 33.5 Å². The molecule has 0 saturated carbocycles. The Balaban J connectivity index is 1.57. The van der Waals surface area contributed by atoms with Gasteiger partial charge in [-0.25, -0.2) is 0 Å². The van der Waals surface area contributed by atoms with Gasteiger partial charge in [0, 0.05) is 17.8 Å². The fourth-order valence-corrected chi connectivity index (χ4v) is 3.37. The van der Waals surface area contributed by atoms with Crippen molar-refractivity contribution in [2.45, 2.75) is 13.3 Å². The maximum atomic E-state index is 13.0. The number of nitrogens with zero attached hydrogens (tertiary/aromatic N) is 1. The summed E-state index contributed by atoms with van der Waals surface area (Å²) in [5, 5.41) is 3.47. The van der Waals surface area contributed by atoms with E-state index in [1.807, 2.05) is 37.3 Å². The number of anilines is 2. The summed E-state index contributed by atoms with van der Waals surface area (Å²) in [5.41, 5.74) is 3.53. The first-order valence-electron chi connectivity index (χ1n) is 9.15. The molecule has 6 heteroatoms. The van der Waals surface area contributed by atoms with Crippen LogP contribution in [0.3, 0.4) is 0 Å². The lowest BCUT2D eigenvalue weighted by molar-refractivity contribution is -0.115. The molecule has 0 fully saturated rings. The van der Waals surface area contributed by atoms with Gasteiger partial charge < -0.3 is 15.0 Å². The molecule has 0 spiro atoms. The molecule has 1 heterocycles. The van der Waals surface area contributed by atoms with E-state index in [2.05, 4.69) is 5.32 Å². The lowest BCUT2D eigenvalue weighted by atomic mass is 10.1. The molecular weight excluding hydrogens is 388 g/mol. The monoisotopic (exact) mass is 406 g/mol. The first-order chi connectivity index (χ1) is 13.9. The second-order valence-corrected chi connectivity index (χ2v) is 7.44. The topological polar surface area (TPSA) is 58.6 Å². The molecule has 0 radical (unpaired) electrons. The minimum absolute atomic E-state index is 0.179. The number of benzene rings is 3. The van der Waals surface area contributed by atoms with E-state index in [9.17, 15) is 9.59 Å². The fourth-order valence-electron chi connectivity index (χ4n) is 3.24. The van der Waals surface area contributed by atoms with Crippen LogP contribution >= 0.6 is 11.6 Å². The number of carbonyl (C=O) groups is 2. The molecule has 0 saturated heterocycles. The molecule has 0 aromatic heterocycles. The van der Waals surface area contributed by atoms with Crippen molar-refractivity contribution >= 4 is 34.8 Å². The minimum atomic E-state index is -0.196. The van der Waals surface area contributed by atoms with Crippen molar-refractivity contribution in [3.8, 4) is 11.5 Å². The molecule has 3 aromatic rings. The van der Waals surface area contributed by atoms with Crippen molar-refractivity contribution in [2.75, 3.05) is 17.3 Å². The average Bonchev–Trinajstić information content (AvgIpc) is 2.80. The van der Waals surface area contributed by atoms with Crippen LogP contribution in [0, 0.1) is 6.92 Å². The van der Waals surface area contributed by atoms with Gasteiger partial charge in [0.1, 0.15) is 5.75 Å². The number of carbonyl (C=O) groups excluding carboxylic acids is 2. The smallest absolute Gasteiger partial charge is 0.261 e. The third-order valence-corrected chi connectivity index (χ3v) is 5.02. The molecular formula is C23H19ClN2O3. The maximum absolute atomic E-state index is 13.0. The van der Waals surface area contributed by atoms with Crippen LogP contribution in [0.25, 0.3) is 0 Å². The van der Waals surface area contributed by atoms with Crippen LogP contribution in [-0.2, 0) is 11.2 Å².